The quantitative estimate of drug-likeness (QED) is 0.899. The van der Waals surface area contributed by atoms with Gasteiger partial charge in [-0.2, -0.15) is 5.10 Å². The van der Waals surface area contributed by atoms with Gasteiger partial charge in [-0.25, -0.2) is 0 Å². The van der Waals surface area contributed by atoms with Gasteiger partial charge < -0.3 is 9.84 Å². The summed E-state index contributed by atoms with van der Waals surface area (Å²) < 4.78 is 7.48. The monoisotopic (exact) mass is 260 g/mol. The fourth-order valence-corrected chi connectivity index (χ4v) is 2.13. The molecule has 2 aromatic rings. The molecule has 0 atom stereocenters. The van der Waals surface area contributed by atoms with Gasteiger partial charge in [-0.1, -0.05) is 6.07 Å². The maximum atomic E-state index is 9.50. The van der Waals surface area contributed by atoms with Crippen LogP contribution in [0.3, 0.4) is 0 Å². The molecule has 0 bridgehead atoms. The molecule has 0 aliphatic carbocycles. The van der Waals surface area contributed by atoms with Crippen LogP contribution in [0.5, 0.6) is 5.75 Å². The van der Waals surface area contributed by atoms with E-state index in [-0.39, 0.29) is 12.6 Å². The third-order valence-electron chi connectivity index (χ3n) is 3.00. The molecular formula is C15H20N2O2. The van der Waals surface area contributed by atoms with Crippen molar-refractivity contribution in [2.45, 2.75) is 33.4 Å². The molecule has 4 heteroatoms. The van der Waals surface area contributed by atoms with E-state index in [2.05, 4.69) is 18.9 Å². The Hall–Kier alpha value is -1.81. The van der Waals surface area contributed by atoms with Crippen LogP contribution in [0.2, 0.25) is 0 Å². The zero-order chi connectivity index (χ0) is 13.8. The Bertz CT molecular complexity index is 547. The molecule has 0 spiro atoms. The number of hydrogen-bond donors (Lipinski definition) is 1. The third-order valence-corrected chi connectivity index (χ3v) is 3.00. The summed E-state index contributed by atoms with van der Waals surface area (Å²) in [6, 6.07) is 7.98. The number of ether oxygens (including phenoxy) is 1. The van der Waals surface area contributed by atoms with Crippen molar-refractivity contribution in [1.82, 2.24) is 9.78 Å². The first-order chi connectivity index (χ1) is 9.17. The Morgan fingerprint density at radius 2 is 2.11 bits per heavy atom. The molecule has 0 saturated heterocycles. The van der Waals surface area contributed by atoms with Gasteiger partial charge in [0, 0.05) is 17.8 Å². The standard InChI is InChI=1S/C15H20N2O2/c1-4-19-13-6-5-12(10-18)14(9-13)15-7-8-16-17(15)11(2)3/h5-9,11,18H,4,10H2,1-3H3. The van der Waals surface area contributed by atoms with Gasteiger partial charge in [0.25, 0.3) is 0 Å². The molecule has 1 aromatic heterocycles. The molecule has 1 N–H and O–H groups in total. The van der Waals surface area contributed by atoms with E-state index in [1.807, 2.05) is 35.9 Å². The molecule has 0 saturated carbocycles. The van der Waals surface area contributed by atoms with Crippen molar-refractivity contribution in [2.24, 2.45) is 0 Å². The summed E-state index contributed by atoms with van der Waals surface area (Å²) in [5.41, 5.74) is 2.85. The fourth-order valence-electron chi connectivity index (χ4n) is 2.13. The Kier molecular flexibility index (Phi) is 4.22. The van der Waals surface area contributed by atoms with E-state index < -0.39 is 0 Å². The number of benzene rings is 1. The zero-order valence-corrected chi connectivity index (χ0v) is 11.6. The fraction of sp³-hybridized carbons (Fsp3) is 0.400. The predicted octanol–water partition coefficient (Wildman–Crippen LogP) is 3.02. The van der Waals surface area contributed by atoms with Crippen LogP contribution >= 0.6 is 0 Å². The normalized spacial score (nSPS) is 11.0. The van der Waals surface area contributed by atoms with Gasteiger partial charge in [0.05, 0.1) is 18.9 Å². The second kappa shape index (κ2) is 5.89. The van der Waals surface area contributed by atoms with E-state index in [9.17, 15) is 5.11 Å². The van der Waals surface area contributed by atoms with Gasteiger partial charge in [0.1, 0.15) is 5.75 Å². The molecule has 0 unspecified atom stereocenters. The van der Waals surface area contributed by atoms with E-state index in [1.54, 1.807) is 6.20 Å². The largest absolute Gasteiger partial charge is 0.494 e. The summed E-state index contributed by atoms with van der Waals surface area (Å²) >= 11 is 0. The highest BCUT2D eigenvalue weighted by Crippen LogP contribution is 2.29. The predicted molar refractivity (Wildman–Crippen MR) is 75.1 cm³/mol. The van der Waals surface area contributed by atoms with Crippen molar-refractivity contribution in [3.63, 3.8) is 0 Å². The number of hydrogen-bond acceptors (Lipinski definition) is 3. The van der Waals surface area contributed by atoms with Gasteiger partial charge in [-0.15, -0.1) is 0 Å². The smallest absolute Gasteiger partial charge is 0.119 e. The van der Waals surface area contributed by atoms with Crippen molar-refractivity contribution >= 4 is 0 Å². The van der Waals surface area contributed by atoms with Crippen LogP contribution in [-0.2, 0) is 6.61 Å². The van der Waals surface area contributed by atoms with E-state index in [0.29, 0.717) is 6.61 Å². The Labute approximate surface area is 113 Å². The van der Waals surface area contributed by atoms with Gasteiger partial charge >= 0.3 is 0 Å². The lowest BCUT2D eigenvalue weighted by Crippen LogP contribution is -2.06. The number of rotatable bonds is 5. The number of aliphatic hydroxyl groups excluding tert-OH is 1. The first kappa shape index (κ1) is 13.6. The van der Waals surface area contributed by atoms with Crippen LogP contribution in [0.1, 0.15) is 32.4 Å². The summed E-state index contributed by atoms with van der Waals surface area (Å²) in [6.45, 7) is 6.76. The second-order valence-electron chi connectivity index (χ2n) is 4.66. The first-order valence-electron chi connectivity index (χ1n) is 6.57. The minimum atomic E-state index is 0.00497. The summed E-state index contributed by atoms with van der Waals surface area (Å²) in [5, 5.41) is 13.8. The third kappa shape index (κ3) is 2.79. The van der Waals surface area contributed by atoms with E-state index in [1.165, 1.54) is 0 Å². The highest BCUT2D eigenvalue weighted by molar-refractivity contribution is 5.66. The van der Waals surface area contributed by atoms with Crippen LogP contribution < -0.4 is 4.74 Å². The molecule has 19 heavy (non-hydrogen) atoms. The van der Waals surface area contributed by atoms with Crippen LogP contribution in [0.25, 0.3) is 11.3 Å². The number of nitrogens with zero attached hydrogens (tertiary/aromatic N) is 2. The SMILES string of the molecule is CCOc1ccc(CO)c(-c2ccnn2C(C)C)c1. The van der Waals surface area contributed by atoms with Crippen LogP contribution in [0.15, 0.2) is 30.5 Å². The average molecular weight is 260 g/mol. The molecule has 0 radical (unpaired) electrons. The summed E-state index contributed by atoms with van der Waals surface area (Å²) in [7, 11) is 0. The molecule has 4 nitrogen and oxygen atoms in total. The lowest BCUT2D eigenvalue weighted by atomic mass is 10.0. The van der Waals surface area contributed by atoms with Gasteiger partial charge in [-0.3, -0.25) is 4.68 Å². The summed E-state index contributed by atoms with van der Waals surface area (Å²) in [5.74, 6) is 0.811. The van der Waals surface area contributed by atoms with E-state index in [0.717, 1.165) is 22.6 Å². The van der Waals surface area contributed by atoms with Crippen molar-refractivity contribution in [2.75, 3.05) is 6.61 Å². The highest BCUT2D eigenvalue weighted by Gasteiger charge is 2.13. The summed E-state index contributed by atoms with van der Waals surface area (Å²) in [6.07, 6.45) is 1.78. The molecular weight excluding hydrogens is 240 g/mol. The topological polar surface area (TPSA) is 47.3 Å². The maximum absolute atomic E-state index is 9.50. The van der Waals surface area contributed by atoms with Crippen molar-refractivity contribution in [3.8, 4) is 17.0 Å². The Balaban J connectivity index is 2.52. The molecule has 1 heterocycles. The molecule has 2 rings (SSSR count). The van der Waals surface area contributed by atoms with Gasteiger partial charge in [0.2, 0.25) is 0 Å². The average Bonchev–Trinajstić information content (AvgIpc) is 2.88. The van der Waals surface area contributed by atoms with Crippen LogP contribution in [0, 0.1) is 0 Å². The van der Waals surface area contributed by atoms with Crippen LogP contribution in [-0.4, -0.2) is 21.5 Å². The van der Waals surface area contributed by atoms with Crippen LogP contribution in [0.4, 0.5) is 0 Å². The minimum absolute atomic E-state index is 0.00497. The van der Waals surface area contributed by atoms with Crippen molar-refractivity contribution in [3.05, 3.63) is 36.0 Å². The molecule has 0 aliphatic heterocycles. The van der Waals surface area contributed by atoms with E-state index >= 15 is 0 Å². The molecule has 0 amide bonds. The highest BCUT2D eigenvalue weighted by atomic mass is 16.5. The first-order valence-corrected chi connectivity index (χ1v) is 6.57. The zero-order valence-electron chi connectivity index (χ0n) is 11.6. The van der Waals surface area contributed by atoms with E-state index in [4.69, 9.17) is 4.74 Å². The lowest BCUT2D eigenvalue weighted by molar-refractivity contribution is 0.282. The Morgan fingerprint density at radius 3 is 2.74 bits per heavy atom. The number of aliphatic hydroxyl groups is 1. The summed E-state index contributed by atoms with van der Waals surface area (Å²) in [4.78, 5) is 0. The lowest BCUT2D eigenvalue weighted by Gasteiger charge is -2.15. The Morgan fingerprint density at radius 1 is 1.32 bits per heavy atom. The molecule has 0 aliphatic rings. The maximum Gasteiger partial charge on any atom is 0.119 e. The van der Waals surface area contributed by atoms with Gasteiger partial charge in [0.15, 0.2) is 0 Å². The second-order valence-corrected chi connectivity index (χ2v) is 4.66. The van der Waals surface area contributed by atoms with Crippen molar-refractivity contribution < 1.29 is 9.84 Å². The molecule has 0 fully saturated rings. The minimum Gasteiger partial charge on any atom is -0.494 e. The van der Waals surface area contributed by atoms with Crippen molar-refractivity contribution in [1.29, 1.82) is 0 Å². The van der Waals surface area contributed by atoms with Gasteiger partial charge in [-0.05, 0) is 44.5 Å². The number of aromatic nitrogens is 2. The molecule has 102 valence electrons. The molecule has 1 aromatic carbocycles.